The first-order chi connectivity index (χ1) is 16.2. The minimum Gasteiger partial charge on any atom is -0.106 e. The molecular formula is C32H28Si. The highest BCUT2D eigenvalue weighted by Gasteiger charge is 2.38. The third kappa shape index (κ3) is 4.37. The van der Waals surface area contributed by atoms with Gasteiger partial charge in [-0.05, 0) is 38.2 Å². The second-order valence-electron chi connectivity index (χ2n) is 7.97. The summed E-state index contributed by atoms with van der Waals surface area (Å²) in [7, 11) is -2.67. The Kier molecular flexibility index (Phi) is 6.82. The summed E-state index contributed by atoms with van der Waals surface area (Å²) in [6.07, 6.45) is 0. The van der Waals surface area contributed by atoms with Gasteiger partial charge in [0.15, 0.2) is 8.07 Å². The van der Waals surface area contributed by atoms with Crippen LogP contribution in [0.5, 0.6) is 0 Å². The second kappa shape index (κ2) is 10.1. The van der Waals surface area contributed by atoms with E-state index in [0.717, 1.165) is 10.8 Å². The van der Waals surface area contributed by atoms with Crippen molar-refractivity contribution in [2.45, 2.75) is 0 Å². The normalized spacial score (nSPS) is 10.8. The number of hydrogen-bond acceptors (Lipinski definition) is 0. The third-order valence-electron chi connectivity index (χ3n) is 6.12. The fraction of sp³-hybridized carbons (Fsp3) is 0. The van der Waals surface area contributed by atoms with Crippen LogP contribution >= 0.6 is 0 Å². The van der Waals surface area contributed by atoms with Crippen LogP contribution in [0.15, 0.2) is 152 Å². The molecule has 0 aliphatic carbocycles. The molecule has 33 heavy (non-hydrogen) atoms. The van der Waals surface area contributed by atoms with Crippen LogP contribution in [-0.2, 0) is 0 Å². The van der Waals surface area contributed by atoms with Crippen molar-refractivity contribution in [1.82, 2.24) is 0 Å². The quantitative estimate of drug-likeness (QED) is 0.191. The lowest BCUT2D eigenvalue weighted by atomic mass is 9.95. The molecule has 0 radical (unpaired) electrons. The van der Waals surface area contributed by atoms with Gasteiger partial charge in [0, 0.05) is 0 Å². The second-order valence-corrected chi connectivity index (χ2v) is 11.6. The van der Waals surface area contributed by atoms with E-state index < -0.39 is 8.07 Å². The van der Waals surface area contributed by atoms with Crippen LogP contribution in [0.1, 0.15) is 22.3 Å². The van der Waals surface area contributed by atoms with Crippen LogP contribution in [0, 0.1) is 0 Å². The highest BCUT2D eigenvalue weighted by Crippen LogP contribution is 2.44. The minimum absolute atomic E-state index is 1.08. The Morgan fingerprint density at radius 1 is 0.485 bits per heavy atom. The molecule has 0 heterocycles. The predicted octanol–water partition coefficient (Wildman–Crippen LogP) is 8.34. The summed E-state index contributed by atoms with van der Waals surface area (Å²) in [4.78, 5) is 0. The summed E-state index contributed by atoms with van der Waals surface area (Å²) in [5.74, 6) is 0. The Labute approximate surface area is 198 Å². The molecule has 0 unspecified atom stereocenters. The lowest BCUT2D eigenvalue weighted by molar-refractivity contribution is 1.54. The van der Waals surface area contributed by atoms with Crippen molar-refractivity contribution in [3.05, 3.63) is 175 Å². The summed E-state index contributed by atoms with van der Waals surface area (Å²) in [5, 5.41) is 2.33. The Hall–Kier alpha value is -3.94. The van der Waals surface area contributed by atoms with Gasteiger partial charge >= 0.3 is 0 Å². The van der Waals surface area contributed by atoms with Crippen LogP contribution in [0.3, 0.4) is 0 Å². The molecule has 0 nitrogen and oxygen atoms in total. The van der Waals surface area contributed by atoms with Crippen molar-refractivity contribution in [3.63, 3.8) is 0 Å². The lowest BCUT2D eigenvalue weighted by Crippen LogP contribution is -2.35. The van der Waals surface area contributed by atoms with Gasteiger partial charge in [-0.2, -0.15) is 0 Å². The van der Waals surface area contributed by atoms with Gasteiger partial charge in [0.05, 0.1) is 0 Å². The van der Waals surface area contributed by atoms with Gasteiger partial charge in [-0.3, -0.25) is 0 Å². The largest absolute Gasteiger partial charge is 0.165 e. The van der Waals surface area contributed by atoms with Gasteiger partial charge in [0.25, 0.3) is 0 Å². The first-order valence-corrected chi connectivity index (χ1v) is 13.3. The molecule has 0 bridgehead atoms. The molecule has 0 atom stereocenters. The predicted molar refractivity (Wildman–Crippen MR) is 147 cm³/mol. The molecule has 4 aromatic rings. The van der Waals surface area contributed by atoms with Gasteiger partial charge in [0.1, 0.15) is 0 Å². The molecule has 0 fully saturated rings. The fourth-order valence-electron chi connectivity index (χ4n) is 4.42. The molecule has 0 aromatic heterocycles. The topological polar surface area (TPSA) is 0 Å². The first kappa shape index (κ1) is 22.3. The zero-order chi connectivity index (χ0) is 23.1. The zero-order valence-electron chi connectivity index (χ0n) is 18.8. The van der Waals surface area contributed by atoms with Gasteiger partial charge in [0.2, 0.25) is 0 Å². The highest BCUT2D eigenvalue weighted by atomic mass is 28.3. The average Bonchev–Trinajstić information content (AvgIpc) is 2.91. The van der Waals surface area contributed by atoms with Crippen molar-refractivity contribution >= 4 is 24.0 Å². The van der Waals surface area contributed by atoms with E-state index in [-0.39, 0.29) is 0 Å². The maximum absolute atomic E-state index is 4.64. The molecule has 0 saturated carbocycles. The molecule has 4 rings (SSSR count). The van der Waals surface area contributed by atoms with E-state index in [1.807, 2.05) is 6.07 Å². The van der Waals surface area contributed by atoms with Gasteiger partial charge in [-0.25, -0.2) is 0 Å². The van der Waals surface area contributed by atoms with E-state index in [0.29, 0.717) is 0 Å². The molecule has 0 aliphatic rings. The standard InChI is InChI=1S/C32H28Si/c1-4-33(5-2,26(3)27-18-10-6-11-19-27)32(30-24-16-9-17-25-30)31(28-20-12-7-13-21-28)29-22-14-8-15-23-29/h4-25H,1-3H2. The minimum atomic E-state index is -2.67. The Bertz CT molecular complexity index is 1220. The number of rotatable bonds is 8. The van der Waals surface area contributed by atoms with Crippen LogP contribution in [0.4, 0.5) is 0 Å². The third-order valence-corrected chi connectivity index (χ3v) is 10.1. The molecule has 0 saturated heterocycles. The Morgan fingerprint density at radius 2 is 0.818 bits per heavy atom. The van der Waals surface area contributed by atoms with Crippen molar-refractivity contribution in [1.29, 1.82) is 0 Å². The van der Waals surface area contributed by atoms with E-state index >= 15 is 0 Å². The smallest absolute Gasteiger partial charge is 0.106 e. The molecule has 0 N–H and O–H groups in total. The van der Waals surface area contributed by atoms with Crippen molar-refractivity contribution in [2.24, 2.45) is 0 Å². The van der Waals surface area contributed by atoms with Crippen LogP contribution in [-0.4, -0.2) is 8.07 Å². The Morgan fingerprint density at radius 3 is 1.18 bits per heavy atom. The summed E-state index contributed by atoms with van der Waals surface area (Å²) in [6, 6.07) is 42.3. The summed E-state index contributed by atoms with van der Waals surface area (Å²) in [6.45, 7) is 13.4. The maximum Gasteiger partial charge on any atom is 0.165 e. The number of benzene rings is 4. The maximum atomic E-state index is 4.64. The molecule has 1 heteroatoms. The van der Waals surface area contributed by atoms with E-state index in [1.54, 1.807) is 0 Å². The van der Waals surface area contributed by atoms with E-state index in [1.165, 1.54) is 27.5 Å². The van der Waals surface area contributed by atoms with Crippen molar-refractivity contribution < 1.29 is 0 Å². The van der Waals surface area contributed by atoms with Gasteiger partial charge < -0.3 is 0 Å². The van der Waals surface area contributed by atoms with Crippen LogP contribution in [0.25, 0.3) is 16.0 Å². The lowest BCUT2D eigenvalue weighted by Gasteiger charge is -2.33. The Balaban J connectivity index is 2.15. The first-order valence-electron chi connectivity index (χ1n) is 11.1. The highest BCUT2D eigenvalue weighted by molar-refractivity contribution is 7.17. The molecule has 0 amide bonds. The SMILES string of the molecule is C=C[Si](C=C)(C(=C)c1ccccc1)C(=C(c1ccccc1)c1ccccc1)c1ccccc1. The summed E-state index contributed by atoms with van der Waals surface area (Å²) < 4.78 is 0. The summed E-state index contributed by atoms with van der Waals surface area (Å²) in [5.41, 5.74) is 10.1. The van der Waals surface area contributed by atoms with Crippen molar-refractivity contribution in [3.8, 4) is 0 Å². The molecule has 160 valence electrons. The van der Waals surface area contributed by atoms with Gasteiger partial charge in [-0.15, -0.1) is 13.2 Å². The number of hydrogen-bond donors (Lipinski definition) is 0. The zero-order valence-corrected chi connectivity index (χ0v) is 19.8. The molecule has 0 aliphatic heterocycles. The van der Waals surface area contributed by atoms with E-state index in [9.17, 15) is 0 Å². The summed E-state index contributed by atoms with van der Waals surface area (Å²) >= 11 is 0. The molecular weight excluding hydrogens is 412 g/mol. The van der Waals surface area contributed by atoms with Crippen molar-refractivity contribution in [2.75, 3.05) is 0 Å². The van der Waals surface area contributed by atoms with E-state index in [4.69, 9.17) is 0 Å². The fourth-order valence-corrected chi connectivity index (χ4v) is 7.78. The van der Waals surface area contributed by atoms with Crippen LogP contribution in [0.2, 0.25) is 0 Å². The van der Waals surface area contributed by atoms with Gasteiger partial charge in [-0.1, -0.05) is 139 Å². The average molecular weight is 441 g/mol. The molecule has 4 aromatic carbocycles. The van der Waals surface area contributed by atoms with E-state index in [2.05, 4.69) is 146 Å². The van der Waals surface area contributed by atoms with Crippen LogP contribution < -0.4 is 0 Å². The molecule has 0 spiro atoms. The monoisotopic (exact) mass is 440 g/mol.